The zero-order valence-electron chi connectivity index (χ0n) is 6.34. The van der Waals surface area contributed by atoms with Crippen LogP contribution in [0.15, 0.2) is 12.1 Å². The molecule has 0 aromatic heterocycles. The first-order valence-electron chi connectivity index (χ1n) is 3.57. The standard InChI is InChI=1S/C8H5Cl2NO2/c9-3-1-4-6(5(10)2-3)11-8(13)7(4)12/h1-2,7,12H,(H,11,13). The molecule has 2 rings (SSSR count). The van der Waals surface area contributed by atoms with Gasteiger partial charge in [-0.25, -0.2) is 0 Å². The van der Waals surface area contributed by atoms with Gasteiger partial charge in [-0.1, -0.05) is 23.2 Å². The second-order valence-corrected chi connectivity index (χ2v) is 3.59. The zero-order chi connectivity index (χ0) is 9.59. The minimum atomic E-state index is -1.16. The van der Waals surface area contributed by atoms with Gasteiger partial charge in [-0.05, 0) is 12.1 Å². The molecule has 1 heterocycles. The Morgan fingerprint density at radius 2 is 2.08 bits per heavy atom. The van der Waals surface area contributed by atoms with Crippen LogP contribution in [0.5, 0.6) is 0 Å². The largest absolute Gasteiger partial charge is 0.378 e. The van der Waals surface area contributed by atoms with Gasteiger partial charge in [-0.2, -0.15) is 0 Å². The lowest BCUT2D eigenvalue weighted by Crippen LogP contribution is -2.10. The average Bonchev–Trinajstić information content (AvgIpc) is 2.32. The highest BCUT2D eigenvalue weighted by atomic mass is 35.5. The smallest absolute Gasteiger partial charge is 0.257 e. The van der Waals surface area contributed by atoms with Crippen LogP contribution in [0.1, 0.15) is 11.7 Å². The lowest BCUT2D eigenvalue weighted by molar-refractivity contribution is -0.123. The van der Waals surface area contributed by atoms with Crippen LogP contribution in [0, 0.1) is 0 Å². The van der Waals surface area contributed by atoms with Crippen molar-refractivity contribution in [2.75, 3.05) is 5.32 Å². The second kappa shape index (κ2) is 2.87. The van der Waals surface area contributed by atoms with Gasteiger partial charge >= 0.3 is 0 Å². The van der Waals surface area contributed by atoms with E-state index in [9.17, 15) is 9.90 Å². The molecule has 3 nitrogen and oxygen atoms in total. The molecule has 0 bridgehead atoms. The van der Waals surface area contributed by atoms with Crippen molar-refractivity contribution in [1.29, 1.82) is 0 Å². The lowest BCUT2D eigenvalue weighted by atomic mass is 10.1. The summed E-state index contributed by atoms with van der Waals surface area (Å²) in [6.45, 7) is 0. The van der Waals surface area contributed by atoms with E-state index in [0.29, 0.717) is 21.3 Å². The highest BCUT2D eigenvalue weighted by molar-refractivity contribution is 6.37. The van der Waals surface area contributed by atoms with Gasteiger partial charge in [0, 0.05) is 10.6 Å². The molecule has 13 heavy (non-hydrogen) atoms. The number of hydrogen-bond donors (Lipinski definition) is 2. The molecule has 1 unspecified atom stereocenters. The Morgan fingerprint density at radius 3 is 2.77 bits per heavy atom. The Labute approximate surface area is 84.3 Å². The average molecular weight is 218 g/mol. The maximum Gasteiger partial charge on any atom is 0.257 e. The number of nitrogens with one attached hydrogen (secondary N) is 1. The first-order valence-corrected chi connectivity index (χ1v) is 4.33. The minimum absolute atomic E-state index is 0.340. The molecule has 0 saturated heterocycles. The molecule has 1 aliphatic rings. The van der Waals surface area contributed by atoms with E-state index in [2.05, 4.69) is 5.32 Å². The molecule has 1 aromatic rings. The van der Waals surface area contributed by atoms with Crippen molar-refractivity contribution in [2.24, 2.45) is 0 Å². The maximum absolute atomic E-state index is 11.0. The normalized spacial score (nSPS) is 19.9. The number of aliphatic hydroxyl groups excluding tert-OH is 1. The van der Waals surface area contributed by atoms with Crippen molar-refractivity contribution in [3.8, 4) is 0 Å². The van der Waals surface area contributed by atoms with Crippen LogP contribution in [0.4, 0.5) is 5.69 Å². The van der Waals surface area contributed by atoms with E-state index in [1.165, 1.54) is 12.1 Å². The molecule has 2 N–H and O–H groups in total. The Balaban J connectivity index is 2.63. The number of hydrogen-bond acceptors (Lipinski definition) is 2. The summed E-state index contributed by atoms with van der Waals surface area (Å²) in [5.41, 5.74) is 0.881. The fourth-order valence-corrected chi connectivity index (χ4v) is 1.83. The van der Waals surface area contributed by atoms with Gasteiger partial charge < -0.3 is 10.4 Å². The first-order chi connectivity index (χ1) is 6.09. The molecule has 0 fully saturated rings. The molecule has 0 saturated carbocycles. The second-order valence-electron chi connectivity index (χ2n) is 2.74. The summed E-state index contributed by atoms with van der Waals surface area (Å²) in [5, 5.41) is 12.6. The molecule has 5 heteroatoms. The Morgan fingerprint density at radius 1 is 1.38 bits per heavy atom. The van der Waals surface area contributed by atoms with Crippen LogP contribution >= 0.6 is 23.2 Å². The van der Waals surface area contributed by atoms with Crippen molar-refractivity contribution >= 4 is 34.8 Å². The molecular formula is C8H5Cl2NO2. The number of aliphatic hydroxyl groups is 1. The summed E-state index contributed by atoms with van der Waals surface area (Å²) < 4.78 is 0. The fraction of sp³-hybridized carbons (Fsp3) is 0.125. The van der Waals surface area contributed by atoms with E-state index in [-0.39, 0.29) is 0 Å². The maximum atomic E-state index is 11.0. The van der Waals surface area contributed by atoms with E-state index < -0.39 is 12.0 Å². The molecule has 0 aliphatic carbocycles. The van der Waals surface area contributed by atoms with E-state index in [0.717, 1.165) is 0 Å². The van der Waals surface area contributed by atoms with Gasteiger partial charge in [0.25, 0.3) is 5.91 Å². The Kier molecular flexibility index (Phi) is 1.95. The molecule has 68 valence electrons. The molecular weight excluding hydrogens is 213 g/mol. The van der Waals surface area contributed by atoms with Gasteiger partial charge in [-0.3, -0.25) is 4.79 Å². The Bertz CT molecular complexity index is 392. The summed E-state index contributed by atoms with van der Waals surface area (Å²) in [7, 11) is 0. The molecule has 0 radical (unpaired) electrons. The fourth-order valence-electron chi connectivity index (χ4n) is 1.27. The number of amides is 1. The lowest BCUT2D eigenvalue weighted by Gasteiger charge is -2.02. The van der Waals surface area contributed by atoms with Crippen molar-refractivity contribution < 1.29 is 9.90 Å². The summed E-state index contributed by atoms with van der Waals surface area (Å²) >= 11 is 11.5. The summed E-state index contributed by atoms with van der Waals surface area (Å²) in [6, 6.07) is 3.03. The number of halogens is 2. The highest BCUT2D eigenvalue weighted by Gasteiger charge is 2.30. The van der Waals surface area contributed by atoms with Gasteiger partial charge in [0.1, 0.15) is 0 Å². The third kappa shape index (κ3) is 1.29. The molecule has 1 aliphatic heterocycles. The van der Waals surface area contributed by atoms with Gasteiger partial charge in [0.05, 0.1) is 10.7 Å². The third-order valence-electron chi connectivity index (χ3n) is 1.88. The number of anilines is 1. The summed E-state index contributed by atoms with van der Waals surface area (Å²) in [4.78, 5) is 11.0. The Hall–Kier alpha value is -0.770. The van der Waals surface area contributed by atoms with Crippen molar-refractivity contribution in [3.63, 3.8) is 0 Å². The van der Waals surface area contributed by atoms with Crippen LogP contribution in [-0.4, -0.2) is 11.0 Å². The van der Waals surface area contributed by atoms with Crippen molar-refractivity contribution in [1.82, 2.24) is 0 Å². The van der Waals surface area contributed by atoms with Crippen LogP contribution in [0.25, 0.3) is 0 Å². The number of carbonyl (C=O) groups excluding carboxylic acids is 1. The van der Waals surface area contributed by atoms with Gasteiger partial charge in [0.2, 0.25) is 0 Å². The summed E-state index contributed by atoms with van der Waals surface area (Å²) in [6.07, 6.45) is -1.16. The third-order valence-corrected chi connectivity index (χ3v) is 2.39. The number of benzene rings is 1. The van der Waals surface area contributed by atoms with Crippen LogP contribution in [0.2, 0.25) is 10.0 Å². The van der Waals surface area contributed by atoms with E-state index in [1.54, 1.807) is 0 Å². The van der Waals surface area contributed by atoms with E-state index in [1.807, 2.05) is 0 Å². The van der Waals surface area contributed by atoms with Gasteiger partial charge in [-0.15, -0.1) is 0 Å². The quantitative estimate of drug-likeness (QED) is 0.699. The van der Waals surface area contributed by atoms with Crippen molar-refractivity contribution in [2.45, 2.75) is 6.10 Å². The monoisotopic (exact) mass is 217 g/mol. The van der Waals surface area contributed by atoms with Crippen LogP contribution in [0.3, 0.4) is 0 Å². The SMILES string of the molecule is O=C1Nc2c(Cl)cc(Cl)cc2C1O. The summed E-state index contributed by atoms with van der Waals surface area (Å²) in [5.74, 6) is -0.473. The highest BCUT2D eigenvalue weighted by Crippen LogP contribution is 2.38. The molecule has 1 aromatic carbocycles. The van der Waals surface area contributed by atoms with E-state index in [4.69, 9.17) is 23.2 Å². The van der Waals surface area contributed by atoms with E-state index >= 15 is 0 Å². The minimum Gasteiger partial charge on any atom is -0.378 e. The number of rotatable bonds is 0. The van der Waals surface area contributed by atoms with Crippen LogP contribution < -0.4 is 5.32 Å². The predicted octanol–water partition coefficient (Wildman–Crippen LogP) is 1.98. The van der Waals surface area contributed by atoms with Crippen molar-refractivity contribution in [3.05, 3.63) is 27.7 Å². The first kappa shape index (κ1) is 8.81. The molecule has 1 atom stereocenters. The zero-order valence-corrected chi connectivity index (χ0v) is 7.86. The molecule has 0 spiro atoms. The molecule has 1 amide bonds. The topological polar surface area (TPSA) is 49.3 Å². The predicted molar refractivity (Wildman–Crippen MR) is 50.1 cm³/mol. The number of carbonyl (C=O) groups is 1. The number of fused-ring (bicyclic) bond motifs is 1. The van der Waals surface area contributed by atoms with Crippen LogP contribution in [-0.2, 0) is 4.79 Å². The van der Waals surface area contributed by atoms with Gasteiger partial charge in [0.15, 0.2) is 6.10 Å².